The summed E-state index contributed by atoms with van der Waals surface area (Å²) in [7, 11) is -3.09. The molecule has 1 aromatic heterocycles. The van der Waals surface area contributed by atoms with Gasteiger partial charge < -0.3 is 9.32 Å². The molecule has 29 heavy (non-hydrogen) atoms. The van der Waals surface area contributed by atoms with E-state index in [0.717, 1.165) is 23.3 Å². The number of nitrogens with zero attached hydrogens (tertiary/aromatic N) is 1. The van der Waals surface area contributed by atoms with Crippen molar-refractivity contribution in [2.24, 2.45) is 5.92 Å². The van der Waals surface area contributed by atoms with E-state index in [-0.39, 0.29) is 23.5 Å². The highest BCUT2D eigenvalue weighted by atomic mass is 32.2. The molecule has 1 aromatic carbocycles. The van der Waals surface area contributed by atoms with Crippen molar-refractivity contribution < 1.29 is 17.6 Å². The van der Waals surface area contributed by atoms with Crippen molar-refractivity contribution >= 4 is 21.8 Å². The van der Waals surface area contributed by atoms with Gasteiger partial charge in [0.15, 0.2) is 9.84 Å². The van der Waals surface area contributed by atoms with Gasteiger partial charge in [-0.1, -0.05) is 36.8 Å². The number of carbonyl (C=O) groups is 1. The molecule has 2 aliphatic rings. The summed E-state index contributed by atoms with van der Waals surface area (Å²) in [5.41, 5.74) is 2.09. The molecule has 1 aliphatic carbocycles. The minimum atomic E-state index is -3.09. The van der Waals surface area contributed by atoms with Gasteiger partial charge in [0.25, 0.3) is 0 Å². The number of sulfone groups is 1. The zero-order valence-corrected chi connectivity index (χ0v) is 17.7. The highest BCUT2D eigenvalue weighted by molar-refractivity contribution is 7.91. The van der Waals surface area contributed by atoms with Crippen LogP contribution in [0.5, 0.6) is 0 Å². The van der Waals surface area contributed by atoms with Gasteiger partial charge in [-0.2, -0.15) is 0 Å². The van der Waals surface area contributed by atoms with Crippen LogP contribution in [-0.4, -0.2) is 36.8 Å². The van der Waals surface area contributed by atoms with Crippen molar-refractivity contribution in [3.63, 3.8) is 0 Å². The van der Waals surface area contributed by atoms with E-state index in [1.54, 1.807) is 11.0 Å². The van der Waals surface area contributed by atoms with Gasteiger partial charge in [-0.05, 0) is 49.5 Å². The molecule has 5 nitrogen and oxygen atoms in total. The summed E-state index contributed by atoms with van der Waals surface area (Å²) in [6.07, 6.45) is 4.91. The summed E-state index contributed by atoms with van der Waals surface area (Å²) in [6, 6.07) is 11.5. The number of hydrogen-bond donors (Lipinski definition) is 0. The third kappa shape index (κ3) is 4.81. The summed E-state index contributed by atoms with van der Waals surface area (Å²) in [5.74, 6) is 2.75. The Kier molecular flexibility index (Phi) is 5.38. The van der Waals surface area contributed by atoms with Crippen molar-refractivity contribution in [1.29, 1.82) is 0 Å². The van der Waals surface area contributed by atoms with E-state index in [9.17, 15) is 13.2 Å². The van der Waals surface area contributed by atoms with Crippen LogP contribution >= 0.6 is 0 Å². The topological polar surface area (TPSA) is 67.6 Å². The molecule has 2 heterocycles. The Bertz CT molecular complexity index is 1020. The third-order valence-electron chi connectivity index (χ3n) is 5.91. The van der Waals surface area contributed by atoms with Gasteiger partial charge in [-0.25, -0.2) is 8.42 Å². The van der Waals surface area contributed by atoms with Crippen LogP contribution in [0, 0.1) is 12.8 Å². The zero-order chi connectivity index (χ0) is 20.6. The highest BCUT2D eigenvalue weighted by Crippen LogP contribution is 2.47. The Labute approximate surface area is 172 Å². The minimum Gasteiger partial charge on any atom is -0.464 e. The van der Waals surface area contributed by atoms with Gasteiger partial charge in [-0.15, -0.1) is 0 Å². The highest BCUT2D eigenvalue weighted by Gasteiger charge is 2.37. The van der Waals surface area contributed by atoms with Gasteiger partial charge >= 0.3 is 0 Å². The fraction of sp³-hybridized carbons (Fsp3) is 0.435. The van der Waals surface area contributed by atoms with Crippen molar-refractivity contribution in [3.8, 4) is 0 Å². The molecule has 1 aliphatic heterocycles. The van der Waals surface area contributed by atoms with E-state index in [1.165, 1.54) is 6.08 Å². The Balaban J connectivity index is 1.52. The van der Waals surface area contributed by atoms with Crippen molar-refractivity contribution in [2.75, 3.05) is 11.5 Å². The van der Waals surface area contributed by atoms with E-state index in [4.69, 9.17) is 4.42 Å². The van der Waals surface area contributed by atoms with Crippen LogP contribution in [0.15, 0.2) is 46.9 Å². The Morgan fingerprint density at radius 3 is 2.55 bits per heavy atom. The molecule has 3 atom stereocenters. The number of aryl methyl sites for hydroxylation is 1. The van der Waals surface area contributed by atoms with Crippen molar-refractivity contribution in [2.45, 2.75) is 45.2 Å². The fourth-order valence-electron chi connectivity index (χ4n) is 3.91. The molecule has 0 radical (unpaired) electrons. The average molecular weight is 414 g/mol. The van der Waals surface area contributed by atoms with Gasteiger partial charge in [0.2, 0.25) is 5.91 Å². The fourth-order valence-corrected chi connectivity index (χ4v) is 5.64. The second-order valence-corrected chi connectivity index (χ2v) is 10.6. The van der Waals surface area contributed by atoms with Gasteiger partial charge in [0.05, 0.1) is 18.1 Å². The first-order valence-electron chi connectivity index (χ1n) is 10.1. The summed E-state index contributed by atoms with van der Waals surface area (Å²) in [5, 5.41) is 0. The maximum atomic E-state index is 13.0. The lowest BCUT2D eigenvalue weighted by molar-refractivity contribution is -0.128. The molecule has 2 fully saturated rings. The Hall–Kier alpha value is -2.34. The normalized spacial score (nSPS) is 25.4. The van der Waals surface area contributed by atoms with Crippen LogP contribution in [0.25, 0.3) is 6.08 Å². The summed E-state index contributed by atoms with van der Waals surface area (Å²) in [4.78, 5) is 14.6. The van der Waals surface area contributed by atoms with Crippen LogP contribution in [0.2, 0.25) is 0 Å². The molecule has 2 aromatic rings. The quantitative estimate of drug-likeness (QED) is 0.673. The molecule has 4 rings (SSSR count). The van der Waals surface area contributed by atoms with Crippen LogP contribution in [0.3, 0.4) is 0 Å². The molecule has 6 heteroatoms. The summed E-state index contributed by atoms with van der Waals surface area (Å²) >= 11 is 0. The predicted molar refractivity (Wildman–Crippen MR) is 113 cm³/mol. The van der Waals surface area contributed by atoms with Gasteiger partial charge in [-0.3, -0.25) is 4.79 Å². The van der Waals surface area contributed by atoms with Gasteiger partial charge in [0, 0.05) is 18.0 Å². The Morgan fingerprint density at radius 2 is 1.93 bits per heavy atom. The first kappa shape index (κ1) is 20.0. The molecule has 1 saturated heterocycles. The van der Waals surface area contributed by atoms with Crippen LogP contribution in [-0.2, 0) is 21.2 Å². The van der Waals surface area contributed by atoms with E-state index in [2.05, 4.69) is 6.92 Å². The summed E-state index contributed by atoms with van der Waals surface area (Å²) in [6.45, 7) is 4.50. The van der Waals surface area contributed by atoms with E-state index in [1.807, 2.05) is 43.3 Å². The maximum absolute atomic E-state index is 13.0. The lowest BCUT2D eigenvalue weighted by Crippen LogP contribution is -2.39. The van der Waals surface area contributed by atoms with Crippen molar-refractivity contribution in [1.82, 2.24) is 4.90 Å². The number of hydrogen-bond acceptors (Lipinski definition) is 4. The molecule has 0 spiro atoms. The molecular weight excluding hydrogens is 386 g/mol. The smallest absolute Gasteiger partial charge is 0.247 e. The molecule has 3 unspecified atom stereocenters. The van der Waals surface area contributed by atoms with Crippen LogP contribution in [0.4, 0.5) is 0 Å². The lowest BCUT2D eigenvalue weighted by Gasteiger charge is -2.26. The van der Waals surface area contributed by atoms with E-state index in [0.29, 0.717) is 30.6 Å². The number of carbonyl (C=O) groups excluding carboxylic acids is 1. The standard InChI is InChI=1S/C23H27NO4S/c1-16-3-5-18(6-4-16)7-10-23(25)24(19-11-12-29(26,27)15-19)14-20-8-9-22(28-20)21-13-17(21)2/h3-10,17,19,21H,11-15H2,1-2H3/b10-7+. The predicted octanol–water partition coefficient (Wildman–Crippen LogP) is 3.94. The number of benzene rings is 1. The van der Waals surface area contributed by atoms with Crippen LogP contribution in [0.1, 0.15) is 48.3 Å². The molecule has 1 saturated carbocycles. The average Bonchev–Trinajstić information content (AvgIpc) is 3.07. The second-order valence-electron chi connectivity index (χ2n) is 8.39. The Morgan fingerprint density at radius 1 is 1.21 bits per heavy atom. The number of amides is 1. The third-order valence-corrected chi connectivity index (χ3v) is 7.66. The van der Waals surface area contributed by atoms with Gasteiger partial charge in [0.1, 0.15) is 11.5 Å². The first-order chi connectivity index (χ1) is 13.8. The maximum Gasteiger partial charge on any atom is 0.247 e. The summed E-state index contributed by atoms with van der Waals surface area (Å²) < 4.78 is 30.0. The first-order valence-corrected chi connectivity index (χ1v) is 12.0. The molecule has 154 valence electrons. The molecule has 0 bridgehead atoms. The van der Waals surface area contributed by atoms with E-state index < -0.39 is 9.84 Å². The lowest BCUT2D eigenvalue weighted by atomic mass is 10.1. The molecule has 1 amide bonds. The number of rotatable bonds is 6. The monoisotopic (exact) mass is 413 g/mol. The minimum absolute atomic E-state index is 0.0182. The van der Waals surface area contributed by atoms with Crippen molar-refractivity contribution in [3.05, 3.63) is 65.1 Å². The second kappa shape index (κ2) is 7.82. The number of furan rings is 1. The zero-order valence-electron chi connectivity index (χ0n) is 16.9. The van der Waals surface area contributed by atoms with E-state index >= 15 is 0 Å². The SMILES string of the molecule is Cc1ccc(/C=C/C(=O)N(Cc2ccc(C3CC3C)o2)C2CCS(=O)(=O)C2)cc1. The molecular formula is C23H27NO4S. The van der Waals surface area contributed by atoms with Crippen LogP contribution < -0.4 is 0 Å². The molecule has 0 N–H and O–H groups in total. The largest absolute Gasteiger partial charge is 0.464 e.